The van der Waals surface area contributed by atoms with Gasteiger partial charge < -0.3 is 21.7 Å². The normalized spacial score (nSPS) is 13.6. The maximum atomic E-state index is 13.0. The molecule has 0 aromatic heterocycles. The van der Waals surface area contributed by atoms with Crippen LogP contribution in [0.2, 0.25) is 0 Å². The van der Waals surface area contributed by atoms with Crippen LogP contribution in [0.4, 0.5) is 0 Å². The molecule has 3 amide bonds. The highest BCUT2D eigenvalue weighted by Gasteiger charge is 2.26. The van der Waals surface area contributed by atoms with Crippen LogP contribution in [0.1, 0.15) is 38.3 Å². The van der Waals surface area contributed by atoms with Gasteiger partial charge in [0.2, 0.25) is 17.7 Å². The van der Waals surface area contributed by atoms with Crippen LogP contribution >= 0.6 is 22.6 Å². The molecule has 0 saturated heterocycles. The molecule has 0 unspecified atom stereocenters. The molecule has 0 aliphatic rings. The van der Waals surface area contributed by atoms with Gasteiger partial charge in [0.15, 0.2) is 0 Å². The molecule has 0 bridgehead atoms. The smallest absolute Gasteiger partial charge is 0.243 e. The molecule has 0 fully saturated rings. The van der Waals surface area contributed by atoms with E-state index in [1.807, 2.05) is 68.4 Å². The molecule has 0 saturated carbocycles. The molecule has 0 heterocycles. The van der Waals surface area contributed by atoms with Crippen molar-refractivity contribution in [3.63, 3.8) is 0 Å². The lowest BCUT2D eigenvalue weighted by Crippen LogP contribution is -2.55. The Kier molecular flexibility index (Phi) is 10.8. The van der Waals surface area contributed by atoms with E-state index in [1.54, 1.807) is 6.92 Å². The second-order valence-electron chi connectivity index (χ2n) is 8.56. The Labute approximate surface area is 209 Å². The summed E-state index contributed by atoms with van der Waals surface area (Å²) in [6, 6.07) is 15.0. The van der Waals surface area contributed by atoms with E-state index in [0.717, 1.165) is 14.7 Å². The van der Waals surface area contributed by atoms with Gasteiger partial charge in [0, 0.05) is 16.5 Å². The predicted octanol–water partition coefficient (Wildman–Crippen LogP) is 2.51. The Morgan fingerprint density at radius 2 is 1.48 bits per heavy atom. The van der Waals surface area contributed by atoms with E-state index in [2.05, 4.69) is 38.5 Å². The zero-order valence-corrected chi connectivity index (χ0v) is 21.5. The number of nitrogens with two attached hydrogens (primary N) is 1. The van der Waals surface area contributed by atoms with Gasteiger partial charge in [-0.1, -0.05) is 56.3 Å². The summed E-state index contributed by atoms with van der Waals surface area (Å²) in [6.45, 7) is 5.89. The van der Waals surface area contributed by atoms with Gasteiger partial charge in [-0.3, -0.25) is 14.4 Å². The van der Waals surface area contributed by atoms with Gasteiger partial charge in [0.05, 0.1) is 6.04 Å². The fourth-order valence-corrected chi connectivity index (χ4v) is 3.63. The number of hydrogen-bond acceptors (Lipinski definition) is 4. The van der Waals surface area contributed by atoms with Crippen LogP contribution in [0.25, 0.3) is 0 Å². The topological polar surface area (TPSA) is 113 Å². The Morgan fingerprint density at radius 3 is 2.09 bits per heavy atom. The molecule has 7 nitrogen and oxygen atoms in total. The third-order valence-electron chi connectivity index (χ3n) is 5.11. The van der Waals surface area contributed by atoms with Crippen LogP contribution in [0.3, 0.4) is 0 Å². The first kappa shape index (κ1) is 26.8. The maximum Gasteiger partial charge on any atom is 0.243 e. The van der Waals surface area contributed by atoms with E-state index >= 15 is 0 Å². The molecule has 5 N–H and O–H groups in total. The van der Waals surface area contributed by atoms with Crippen molar-refractivity contribution < 1.29 is 14.4 Å². The lowest BCUT2D eigenvalue weighted by molar-refractivity contribution is -0.132. The molecule has 0 aliphatic heterocycles. The number of carbonyl (C=O) groups excluding carboxylic acids is 3. The van der Waals surface area contributed by atoms with Gasteiger partial charge in [0.25, 0.3) is 0 Å². The van der Waals surface area contributed by atoms with E-state index < -0.39 is 24.0 Å². The van der Waals surface area contributed by atoms with Gasteiger partial charge in [-0.25, -0.2) is 0 Å². The van der Waals surface area contributed by atoms with Crippen LogP contribution in [-0.4, -0.2) is 35.8 Å². The molecule has 2 aromatic carbocycles. The predicted molar refractivity (Wildman–Crippen MR) is 138 cm³/mol. The first-order valence-corrected chi connectivity index (χ1v) is 12.2. The molecule has 2 rings (SSSR count). The van der Waals surface area contributed by atoms with Crippen molar-refractivity contribution >= 4 is 40.3 Å². The lowest BCUT2D eigenvalue weighted by atomic mass is 10.0. The van der Waals surface area contributed by atoms with Gasteiger partial charge >= 0.3 is 0 Å². The Balaban J connectivity index is 2.02. The molecule has 8 heteroatoms. The fraction of sp³-hybridized carbons (Fsp3) is 0.400. The monoisotopic (exact) mass is 564 g/mol. The summed E-state index contributed by atoms with van der Waals surface area (Å²) in [4.78, 5) is 38.0. The fourth-order valence-electron chi connectivity index (χ4n) is 3.27. The summed E-state index contributed by atoms with van der Waals surface area (Å²) < 4.78 is 1.11. The van der Waals surface area contributed by atoms with E-state index in [4.69, 9.17) is 5.73 Å². The number of amides is 3. The van der Waals surface area contributed by atoms with E-state index in [1.165, 1.54) is 0 Å². The number of nitrogens with one attached hydrogen (secondary N) is 3. The van der Waals surface area contributed by atoms with Crippen LogP contribution in [-0.2, 0) is 27.3 Å². The summed E-state index contributed by atoms with van der Waals surface area (Å²) in [5.41, 5.74) is 7.80. The first-order valence-electron chi connectivity index (χ1n) is 11.1. The minimum Gasteiger partial charge on any atom is -0.350 e. The van der Waals surface area contributed by atoms with Gasteiger partial charge in [-0.05, 0) is 65.1 Å². The van der Waals surface area contributed by atoms with Crippen molar-refractivity contribution in [2.24, 2.45) is 11.7 Å². The third-order valence-corrected chi connectivity index (χ3v) is 5.83. The molecule has 0 radical (unpaired) electrons. The summed E-state index contributed by atoms with van der Waals surface area (Å²) >= 11 is 2.23. The summed E-state index contributed by atoms with van der Waals surface area (Å²) in [5.74, 6) is -0.845. The minimum atomic E-state index is -0.821. The van der Waals surface area contributed by atoms with Crippen LogP contribution < -0.4 is 21.7 Å². The summed E-state index contributed by atoms with van der Waals surface area (Å²) in [7, 11) is 0. The molecule has 33 heavy (non-hydrogen) atoms. The number of rotatable bonds is 11. The van der Waals surface area contributed by atoms with Crippen molar-refractivity contribution in [2.45, 2.75) is 58.3 Å². The molecular formula is C25H33IN4O3. The second kappa shape index (κ2) is 13.3. The Morgan fingerprint density at radius 1 is 0.848 bits per heavy atom. The lowest BCUT2D eigenvalue weighted by Gasteiger charge is -2.22. The average molecular weight is 564 g/mol. The van der Waals surface area contributed by atoms with E-state index in [0.29, 0.717) is 19.4 Å². The van der Waals surface area contributed by atoms with Crippen molar-refractivity contribution in [1.82, 2.24) is 16.0 Å². The summed E-state index contributed by atoms with van der Waals surface area (Å²) in [5, 5.41) is 8.34. The van der Waals surface area contributed by atoms with E-state index in [9.17, 15) is 14.4 Å². The zero-order valence-electron chi connectivity index (χ0n) is 19.3. The number of hydrogen-bond donors (Lipinski definition) is 4. The van der Waals surface area contributed by atoms with Gasteiger partial charge in [0.1, 0.15) is 12.1 Å². The van der Waals surface area contributed by atoms with Crippen LogP contribution in [0.15, 0.2) is 54.6 Å². The second-order valence-corrected chi connectivity index (χ2v) is 9.81. The number of carbonyl (C=O) groups is 3. The van der Waals surface area contributed by atoms with Gasteiger partial charge in [-0.15, -0.1) is 0 Å². The van der Waals surface area contributed by atoms with Crippen LogP contribution in [0, 0.1) is 9.49 Å². The molecular weight excluding hydrogens is 531 g/mol. The van der Waals surface area contributed by atoms with Crippen molar-refractivity contribution in [3.8, 4) is 0 Å². The zero-order chi connectivity index (χ0) is 24.4. The van der Waals surface area contributed by atoms with Crippen molar-refractivity contribution in [3.05, 3.63) is 69.3 Å². The highest BCUT2D eigenvalue weighted by molar-refractivity contribution is 14.1. The Bertz CT molecular complexity index is 919. The molecule has 3 atom stereocenters. The quantitative estimate of drug-likeness (QED) is 0.314. The Hall–Kier alpha value is -2.46. The standard InChI is InChI=1S/C25H33IN4O3/c1-16(2)13-21(27)24(32)29-17(3)23(31)30-22(14-18-7-5-4-6-8-18)25(33)28-15-19-9-11-20(26)12-10-19/h4-12,16-17,21-22H,13-15,27H2,1-3H3,(H,28,33)(H,29,32)(H,30,31)/t17-,21+,22+/m0/s1. The highest BCUT2D eigenvalue weighted by atomic mass is 127. The van der Waals surface area contributed by atoms with Crippen molar-refractivity contribution in [2.75, 3.05) is 0 Å². The largest absolute Gasteiger partial charge is 0.350 e. The third kappa shape index (κ3) is 9.51. The van der Waals surface area contributed by atoms with Crippen LogP contribution in [0.5, 0.6) is 0 Å². The van der Waals surface area contributed by atoms with Crippen molar-refractivity contribution in [1.29, 1.82) is 0 Å². The number of benzene rings is 2. The van der Waals surface area contributed by atoms with E-state index in [-0.39, 0.29) is 17.7 Å². The summed E-state index contributed by atoms with van der Waals surface area (Å²) in [6.07, 6.45) is 0.858. The highest BCUT2D eigenvalue weighted by Crippen LogP contribution is 2.08. The number of halogens is 1. The average Bonchev–Trinajstić information content (AvgIpc) is 2.78. The molecule has 2 aromatic rings. The first-order chi connectivity index (χ1) is 15.7. The van der Waals surface area contributed by atoms with Gasteiger partial charge in [-0.2, -0.15) is 0 Å². The molecule has 0 spiro atoms. The molecule has 178 valence electrons. The molecule has 0 aliphatic carbocycles. The minimum absolute atomic E-state index is 0.266. The maximum absolute atomic E-state index is 13.0. The SMILES string of the molecule is CC(C)C[C@@H](N)C(=O)N[C@@H](C)C(=O)N[C@H](Cc1ccccc1)C(=O)NCc1ccc(I)cc1.